The summed E-state index contributed by atoms with van der Waals surface area (Å²) in [6.07, 6.45) is 1.15. The van der Waals surface area contributed by atoms with Crippen molar-refractivity contribution in [2.45, 2.75) is 12.5 Å². The van der Waals surface area contributed by atoms with Crippen molar-refractivity contribution in [1.29, 1.82) is 0 Å². The van der Waals surface area contributed by atoms with Gasteiger partial charge in [-0.25, -0.2) is 4.79 Å². The molecule has 0 spiro atoms. The molecule has 0 aliphatic heterocycles. The molecule has 0 bridgehead atoms. The van der Waals surface area contributed by atoms with E-state index in [2.05, 4.69) is 0 Å². The molecule has 0 amide bonds. The number of carboxylic acid groups (broad SMARTS) is 1. The maximum atomic E-state index is 11.7. The van der Waals surface area contributed by atoms with Crippen LogP contribution in [0.3, 0.4) is 0 Å². The van der Waals surface area contributed by atoms with Gasteiger partial charge in [-0.3, -0.25) is 25.0 Å². The Morgan fingerprint density at radius 1 is 1.08 bits per heavy atom. The average Bonchev–Trinajstić information content (AvgIpc) is 2.54. The number of phenols is 1. The Morgan fingerprint density at radius 3 is 1.96 bits per heavy atom. The van der Waals surface area contributed by atoms with Gasteiger partial charge in [0, 0.05) is 6.42 Å². The second-order valence-corrected chi connectivity index (χ2v) is 5.04. The Morgan fingerprint density at radius 2 is 1.56 bits per heavy atom. The number of nitro groups is 2. The molecule has 2 aromatic rings. The monoisotopic (exact) mass is 349 g/mol. The van der Waals surface area contributed by atoms with Crippen molar-refractivity contribution in [2.24, 2.45) is 0 Å². The summed E-state index contributed by atoms with van der Waals surface area (Å²) in [5.41, 5.74) is -3.12. The molecule has 0 aliphatic rings. The zero-order valence-electron chi connectivity index (χ0n) is 12.4. The first-order valence-electron chi connectivity index (χ1n) is 6.76. The summed E-state index contributed by atoms with van der Waals surface area (Å²) in [4.78, 5) is 42.9. The lowest BCUT2D eigenvalue weighted by molar-refractivity contribution is -0.397. The lowest BCUT2D eigenvalue weighted by Gasteiger charge is -2.16. The first-order chi connectivity index (χ1) is 11.7. The number of nitrogens with zero attached hydrogens (tertiary/aromatic N) is 3. The van der Waals surface area contributed by atoms with Crippen LogP contribution in [0.1, 0.15) is 11.6 Å². The number of rotatable bonds is 6. The summed E-state index contributed by atoms with van der Waals surface area (Å²) in [7, 11) is 0. The quantitative estimate of drug-likeness (QED) is 0.580. The van der Waals surface area contributed by atoms with Crippen LogP contribution in [0.15, 0.2) is 41.5 Å². The first-order valence-corrected chi connectivity index (χ1v) is 6.76. The molecule has 1 atom stereocenters. The maximum Gasteiger partial charge on any atom is 0.339 e. The maximum absolute atomic E-state index is 11.7. The Labute approximate surface area is 138 Å². The largest absolute Gasteiger partial charge is 0.508 e. The Bertz CT molecular complexity index is 865. The third-order valence-corrected chi connectivity index (χ3v) is 3.41. The van der Waals surface area contributed by atoms with Gasteiger partial charge in [-0.05, 0) is 17.7 Å². The second kappa shape index (κ2) is 6.78. The van der Waals surface area contributed by atoms with Gasteiger partial charge in [-0.2, -0.15) is 0 Å². The molecular weight excluding hydrogens is 338 g/mol. The van der Waals surface area contributed by atoms with Gasteiger partial charge in [-0.15, -0.1) is 0 Å². The molecule has 2 N–H and O–H groups in total. The van der Waals surface area contributed by atoms with Gasteiger partial charge in [0.25, 0.3) is 0 Å². The minimum Gasteiger partial charge on any atom is -0.508 e. The van der Waals surface area contributed by atoms with Crippen molar-refractivity contribution in [2.75, 3.05) is 0 Å². The third-order valence-electron chi connectivity index (χ3n) is 3.41. The molecule has 0 radical (unpaired) electrons. The van der Waals surface area contributed by atoms with Gasteiger partial charge in [0.2, 0.25) is 0 Å². The highest BCUT2D eigenvalue weighted by molar-refractivity contribution is 5.72. The number of benzene rings is 1. The average molecular weight is 349 g/mol. The van der Waals surface area contributed by atoms with Gasteiger partial charge >= 0.3 is 22.8 Å². The number of aromatic nitrogens is 1. The predicted molar refractivity (Wildman–Crippen MR) is 82.5 cm³/mol. The highest BCUT2D eigenvalue weighted by Gasteiger charge is 2.29. The molecular formula is C14H11N3O8. The minimum atomic E-state index is -1.43. The van der Waals surface area contributed by atoms with E-state index < -0.39 is 38.7 Å². The highest BCUT2D eigenvalue weighted by atomic mass is 16.6. The molecule has 1 aromatic carbocycles. The van der Waals surface area contributed by atoms with Crippen molar-refractivity contribution in [3.05, 3.63) is 72.7 Å². The third kappa shape index (κ3) is 3.77. The fraction of sp³-hybridized carbons (Fsp3) is 0.143. The van der Waals surface area contributed by atoms with E-state index in [-0.39, 0.29) is 12.2 Å². The summed E-state index contributed by atoms with van der Waals surface area (Å²) < 4.78 is 0.757. The number of carboxylic acids is 1. The summed E-state index contributed by atoms with van der Waals surface area (Å²) in [6.45, 7) is 0. The van der Waals surface area contributed by atoms with E-state index >= 15 is 0 Å². The van der Waals surface area contributed by atoms with Crippen LogP contribution in [0.4, 0.5) is 11.4 Å². The van der Waals surface area contributed by atoms with Crippen LogP contribution >= 0.6 is 0 Å². The molecule has 0 saturated carbocycles. The van der Waals surface area contributed by atoms with Crippen LogP contribution in [-0.2, 0) is 11.2 Å². The van der Waals surface area contributed by atoms with E-state index in [0.29, 0.717) is 18.0 Å². The Hall–Kier alpha value is -3.76. The van der Waals surface area contributed by atoms with Crippen LogP contribution in [-0.4, -0.2) is 30.6 Å². The van der Waals surface area contributed by atoms with Crippen molar-refractivity contribution >= 4 is 17.3 Å². The van der Waals surface area contributed by atoms with E-state index in [9.17, 15) is 40.0 Å². The molecule has 0 aliphatic carbocycles. The van der Waals surface area contributed by atoms with Crippen molar-refractivity contribution in [3.8, 4) is 5.75 Å². The predicted octanol–water partition coefficient (Wildman–Crippen LogP) is 1.24. The topological polar surface area (TPSA) is 166 Å². The molecule has 0 saturated heterocycles. The molecule has 11 heteroatoms. The van der Waals surface area contributed by atoms with Crippen LogP contribution in [0.2, 0.25) is 0 Å². The second-order valence-electron chi connectivity index (χ2n) is 5.04. The molecule has 1 aromatic heterocycles. The molecule has 25 heavy (non-hydrogen) atoms. The molecule has 11 nitrogen and oxygen atoms in total. The van der Waals surface area contributed by atoms with E-state index in [1.807, 2.05) is 0 Å². The molecule has 1 heterocycles. The highest BCUT2D eigenvalue weighted by Crippen LogP contribution is 2.21. The minimum absolute atomic E-state index is 0.0368. The van der Waals surface area contributed by atoms with Crippen LogP contribution < -0.4 is 5.43 Å². The first kappa shape index (κ1) is 17.6. The normalized spacial score (nSPS) is 11.7. The van der Waals surface area contributed by atoms with E-state index in [1.54, 1.807) is 0 Å². The molecule has 0 fully saturated rings. The summed E-state index contributed by atoms with van der Waals surface area (Å²) in [5, 5.41) is 40.5. The fourth-order valence-corrected chi connectivity index (χ4v) is 2.18. The lowest BCUT2D eigenvalue weighted by atomic mass is 10.1. The number of hydrogen-bond donors (Lipinski definition) is 2. The van der Waals surface area contributed by atoms with Crippen LogP contribution in [0, 0.1) is 20.2 Å². The lowest BCUT2D eigenvalue weighted by Crippen LogP contribution is -2.24. The number of phenolic OH excluding ortho intramolecular Hbond substituents is 1. The zero-order valence-corrected chi connectivity index (χ0v) is 12.4. The Balaban J connectivity index is 2.56. The van der Waals surface area contributed by atoms with Gasteiger partial charge in [0.05, 0.1) is 22.2 Å². The zero-order chi connectivity index (χ0) is 18.7. The van der Waals surface area contributed by atoms with E-state index in [4.69, 9.17) is 0 Å². The number of pyridine rings is 1. The number of aliphatic carboxylic acids is 1. The van der Waals surface area contributed by atoms with Crippen molar-refractivity contribution in [1.82, 2.24) is 4.57 Å². The standard InChI is InChI=1S/C14H11N3O8/c18-9-3-1-8(2-4-9)5-10(14(20)21)15-6-11(16(22)23)13(19)12(7-15)17(24)25/h1-4,6-7,10,18H,5H2,(H,20,21)/t10-/m1/s1. The number of aromatic hydroxyl groups is 1. The van der Waals surface area contributed by atoms with E-state index in [0.717, 1.165) is 4.57 Å². The molecule has 130 valence electrons. The van der Waals surface area contributed by atoms with Gasteiger partial charge in [0.1, 0.15) is 11.8 Å². The SMILES string of the molecule is O=C(O)[C@@H](Cc1ccc(O)cc1)n1cc([N+](=O)[O-])c(=O)c([N+](=O)[O-])c1. The number of hydrogen-bond acceptors (Lipinski definition) is 7. The molecule has 2 rings (SSSR count). The van der Waals surface area contributed by atoms with Gasteiger partial charge < -0.3 is 14.8 Å². The van der Waals surface area contributed by atoms with Crippen LogP contribution in [0.25, 0.3) is 0 Å². The van der Waals surface area contributed by atoms with E-state index in [1.165, 1.54) is 24.3 Å². The summed E-state index contributed by atoms with van der Waals surface area (Å²) >= 11 is 0. The number of carbonyl (C=O) groups is 1. The van der Waals surface area contributed by atoms with Gasteiger partial charge in [-0.1, -0.05) is 12.1 Å². The van der Waals surface area contributed by atoms with Crippen LogP contribution in [0.5, 0.6) is 5.75 Å². The summed E-state index contributed by atoms with van der Waals surface area (Å²) in [5.74, 6) is -1.44. The fourth-order valence-electron chi connectivity index (χ4n) is 2.18. The van der Waals surface area contributed by atoms with Crippen molar-refractivity contribution in [3.63, 3.8) is 0 Å². The summed E-state index contributed by atoms with van der Waals surface area (Å²) in [6, 6.07) is 4.10. The van der Waals surface area contributed by atoms with Crippen molar-refractivity contribution < 1.29 is 24.9 Å². The smallest absolute Gasteiger partial charge is 0.339 e. The van der Waals surface area contributed by atoms with Gasteiger partial charge in [0.15, 0.2) is 0 Å². The Kier molecular flexibility index (Phi) is 4.77. The molecule has 0 unspecified atom stereocenters.